The summed E-state index contributed by atoms with van der Waals surface area (Å²) in [6.07, 6.45) is 0.834. The fourth-order valence-electron chi connectivity index (χ4n) is 3.93. The van der Waals surface area contributed by atoms with Gasteiger partial charge in [0.05, 0.1) is 5.69 Å². The second-order valence-corrected chi connectivity index (χ2v) is 7.81. The Bertz CT molecular complexity index is 1420. The van der Waals surface area contributed by atoms with Crippen LogP contribution in [0.5, 0.6) is 0 Å². The maximum atomic E-state index is 12.9. The number of rotatable bonds is 4. The van der Waals surface area contributed by atoms with Crippen molar-refractivity contribution < 1.29 is 9.32 Å². The van der Waals surface area contributed by atoms with E-state index in [9.17, 15) is 14.4 Å². The minimum absolute atomic E-state index is 0.151. The Kier molecular flexibility index (Phi) is 5.17. The van der Waals surface area contributed by atoms with Crippen LogP contribution >= 0.6 is 0 Å². The van der Waals surface area contributed by atoms with E-state index in [1.165, 1.54) is 12.6 Å². The van der Waals surface area contributed by atoms with Crippen LogP contribution in [0.3, 0.4) is 0 Å². The molecule has 3 heterocycles. The monoisotopic (exact) mass is 444 g/mol. The van der Waals surface area contributed by atoms with Gasteiger partial charge in [-0.05, 0) is 24.1 Å². The fraction of sp³-hybridized carbons (Fsp3) is 0.217. The molecule has 5 rings (SSSR count). The first-order valence-electron chi connectivity index (χ1n) is 10.5. The third-order valence-electron chi connectivity index (χ3n) is 5.74. The van der Waals surface area contributed by atoms with E-state index >= 15 is 0 Å². The van der Waals surface area contributed by atoms with Gasteiger partial charge in [0.25, 0.3) is 5.56 Å². The molecule has 1 atom stereocenters. The first-order chi connectivity index (χ1) is 16.0. The molecule has 0 radical (unpaired) electrons. The largest absolute Gasteiger partial charge is 0.351 e. The lowest BCUT2D eigenvalue weighted by Gasteiger charge is -2.14. The Balaban J connectivity index is 1.43. The summed E-state index contributed by atoms with van der Waals surface area (Å²) in [5.41, 5.74) is 0.168. The van der Waals surface area contributed by atoms with Crippen LogP contribution in [-0.2, 0) is 7.05 Å². The summed E-state index contributed by atoms with van der Waals surface area (Å²) in [6, 6.07) is 18.7. The highest BCUT2D eigenvalue weighted by Gasteiger charge is 2.31. The number of para-hydroxylation sites is 1. The van der Waals surface area contributed by atoms with E-state index in [2.05, 4.69) is 15.2 Å². The molecule has 0 N–H and O–H groups in total. The number of likely N-dealkylation sites (tertiary alicyclic amines) is 1. The predicted molar refractivity (Wildman–Crippen MR) is 118 cm³/mol. The summed E-state index contributed by atoms with van der Waals surface area (Å²) in [5, 5.41) is 7.95. The third kappa shape index (κ3) is 3.75. The van der Waals surface area contributed by atoms with Gasteiger partial charge in [0, 0.05) is 26.1 Å². The molecule has 2 aromatic carbocycles. The fourth-order valence-corrected chi connectivity index (χ4v) is 3.93. The molecule has 0 unspecified atom stereocenters. The van der Waals surface area contributed by atoms with Crippen LogP contribution in [0.4, 0.5) is 0 Å². The normalized spacial score (nSPS) is 15.7. The van der Waals surface area contributed by atoms with Gasteiger partial charge in [0.2, 0.25) is 5.82 Å². The van der Waals surface area contributed by atoms with Crippen LogP contribution in [0, 0.1) is 0 Å². The lowest BCUT2D eigenvalue weighted by Crippen LogP contribution is -2.40. The van der Waals surface area contributed by atoms with Gasteiger partial charge in [-0.2, -0.15) is 14.8 Å². The van der Waals surface area contributed by atoms with E-state index in [1.54, 1.807) is 35.2 Å². The quantitative estimate of drug-likeness (QED) is 0.469. The molecule has 166 valence electrons. The molecular formula is C23H20N6O4. The van der Waals surface area contributed by atoms with E-state index in [0.717, 1.165) is 15.7 Å². The maximum Gasteiger partial charge on any atom is 0.351 e. The summed E-state index contributed by atoms with van der Waals surface area (Å²) in [7, 11) is 1.34. The minimum atomic E-state index is -0.683. The molecule has 0 aliphatic carbocycles. The maximum absolute atomic E-state index is 12.9. The molecular weight excluding hydrogens is 424 g/mol. The molecule has 1 aliphatic rings. The molecule has 0 spiro atoms. The van der Waals surface area contributed by atoms with Gasteiger partial charge in [-0.1, -0.05) is 53.7 Å². The Labute approximate surface area is 187 Å². The Morgan fingerprint density at radius 3 is 2.45 bits per heavy atom. The van der Waals surface area contributed by atoms with Gasteiger partial charge >= 0.3 is 17.5 Å². The highest BCUT2D eigenvalue weighted by molar-refractivity contribution is 5.90. The Morgan fingerprint density at radius 2 is 1.73 bits per heavy atom. The minimum Gasteiger partial charge on any atom is -0.334 e. The number of carbonyl (C=O) groups excluding carboxylic acids is 1. The third-order valence-corrected chi connectivity index (χ3v) is 5.74. The lowest BCUT2D eigenvalue weighted by atomic mass is 9.99. The second-order valence-electron chi connectivity index (χ2n) is 7.81. The van der Waals surface area contributed by atoms with Crippen LogP contribution in [0.15, 0.2) is 74.8 Å². The summed E-state index contributed by atoms with van der Waals surface area (Å²) < 4.78 is 7.17. The predicted octanol–water partition coefficient (Wildman–Crippen LogP) is 1.61. The van der Waals surface area contributed by atoms with Crippen LogP contribution in [-0.4, -0.2) is 48.4 Å². The second kappa shape index (κ2) is 8.30. The SMILES string of the molecule is Cn1c(=O)c(-c2noc(C(=O)N3CC[C@H](c4ccccc4)C3)n2)nn(-c2ccccc2)c1=O. The van der Waals surface area contributed by atoms with Crippen molar-refractivity contribution >= 4 is 5.91 Å². The number of amides is 1. The van der Waals surface area contributed by atoms with Crippen molar-refractivity contribution in [1.82, 2.24) is 29.4 Å². The zero-order valence-corrected chi connectivity index (χ0v) is 17.8. The van der Waals surface area contributed by atoms with E-state index in [4.69, 9.17) is 4.52 Å². The van der Waals surface area contributed by atoms with Crippen molar-refractivity contribution in [2.75, 3.05) is 13.1 Å². The zero-order chi connectivity index (χ0) is 22.9. The molecule has 10 heteroatoms. The van der Waals surface area contributed by atoms with Crippen molar-refractivity contribution in [2.45, 2.75) is 12.3 Å². The van der Waals surface area contributed by atoms with Gasteiger partial charge in [-0.25, -0.2) is 4.79 Å². The van der Waals surface area contributed by atoms with Crippen molar-refractivity contribution in [3.63, 3.8) is 0 Å². The van der Waals surface area contributed by atoms with Crippen molar-refractivity contribution in [2.24, 2.45) is 7.05 Å². The average molecular weight is 444 g/mol. The Morgan fingerprint density at radius 1 is 1.03 bits per heavy atom. The number of nitrogens with zero attached hydrogens (tertiary/aromatic N) is 6. The van der Waals surface area contributed by atoms with Gasteiger partial charge in [0.15, 0.2) is 5.69 Å². The zero-order valence-electron chi connectivity index (χ0n) is 17.8. The van der Waals surface area contributed by atoms with E-state index in [0.29, 0.717) is 18.8 Å². The highest BCUT2D eigenvalue weighted by atomic mass is 16.5. The molecule has 2 aromatic heterocycles. The number of carbonyl (C=O) groups is 1. The van der Waals surface area contributed by atoms with Crippen molar-refractivity contribution in [3.8, 4) is 17.2 Å². The molecule has 1 saturated heterocycles. The van der Waals surface area contributed by atoms with Gasteiger partial charge in [0.1, 0.15) is 0 Å². The van der Waals surface area contributed by atoms with Crippen LogP contribution in [0.2, 0.25) is 0 Å². The first-order valence-corrected chi connectivity index (χ1v) is 10.5. The average Bonchev–Trinajstić information content (AvgIpc) is 3.54. The molecule has 0 saturated carbocycles. The summed E-state index contributed by atoms with van der Waals surface area (Å²) in [6.45, 7) is 1.11. The molecule has 1 aliphatic heterocycles. The van der Waals surface area contributed by atoms with E-state index < -0.39 is 17.2 Å². The first kappa shape index (κ1) is 20.6. The standard InChI is InChI=1S/C23H20N6O4/c1-27-21(30)18(25-29(23(27)32)17-10-6-3-7-11-17)19-24-20(33-26-19)22(31)28-13-12-16(14-28)15-8-4-2-5-9-15/h2-11,16H,12-14H2,1H3/t16-/m0/s1. The van der Waals surface area contributed by atoms with Gasteiger partial charge in [-0.15, -0.1) is 0 Å². The number of hydrogen-bond donors (Lipinski definition) is 0. The van der Waals surface area contributed by atoms with Crippen LogP contribution in [0.25, 0.3) is 17.2 Å². The van der Waals surface area contributed by atoms with Gasteiger partial charge in [-0.3, -0.25) is 14.2 Å². The number of benzene rings is 2. The molecule has 33 heavy (non-hydrogen) atoms. The number of aromatic nitrogens is 5. The molecule has 10 nitrogen and oxygen atoms in total. The van der Waals surface area contributed by atoms with Crippen molar-refractivity contribution in [3.05, 3.63) is 93.0 Å². The molecule has 0 bridgehead atoms. The highest BCUT2D eigenvalue weighted by Crippen LogP contribution is 2.28. The van der Waals surface area contributed by atoms with Crippen LogP contribution < -0.4 is 11.2 Å². The van der Waals surface area contributed by atoms with E-state index in [-0.39, 0.29) is 23.3 Å². The summed E-state index contributed by atoms with van der Waals surface area (Å²) in [5.74, 6) is -0.538. The molecule has 1 fully saturated rings. The number of hydrogen-bond acceptors (Lipinski definition) is 7. The lowest BCUT2D eigenvalue weighted by molar-refractivity contribution is 0.0741. The topological polar surface area (TPSA) is 116 Å². The molecule has 4 aromatic rings. The van der Waals surface area contributed by atoms with Crippen molar-refractivity contribution in [1.29, 1.82) is 0 Å². The smallest absolute Gasteiger partial charge is 0.334 e. The Hall–Kier alpha value is -4.34. The van der Waals surface area contributed by atoms with Gasteiger partial charge < -0.3 is 9.42 Å². The van der Waals surface area contributed by atoms with E-state index in [1.807, 2.05) is 30.3 Å². The van der Waals surface area contributed by atoms with Crippen LogP contribution in [0.1, 0.15) is 28.6 Å². The summed E-state index contributed by atoms with van der Waals surface area (Å²) in [4.78, 5) is 43.9. The summed E-state index contributed by atoms with van der Waals surface area (Å²) >= 11 is 0. The molecule has 1 amide bonds.